The number of nitrogens with one attached hydrogen (secondary N) is 1. The predicted molar refractivity (Wildman–Crippen MR) is 86.7 cm³/mol. The van der Waals surface area contributed by atoms with Gasteiger partial charge >= 0.3 is 16.1 Å². The molecule has 1 heterocycles. The minimum absolute atomic E-state index is 0.0126. The summed E-state index contributed by atoms with van der Waals surface area (Å²) in [4.78, 5) is 18.1. The standard InChI is InChI=1S/C15H11ClN2O5S/c1-22-15(19)14-17-11-7-6-9(8-12(11)18-14)23-24(20,21)13-5-3-2-4-10(13)16/h2-8H,1H3,(H,17,18). The SMILES string of the molecule is COC(=O)c1nc2ccc(OS(=O)(=O)c3ccccc3Cl)cc2[nH]1. The first-order valence-corrected chi connectivity index (χ1v) is 8.46. The Labute approximate surface area is 142 Å². The summed E-state index contributed by atoms with van der Waals surface area (Å²) in [6.45, 7) is 0. The third-order valence-corrected chi connectivity index (χ3v) is 4.89. The van der Waals surface area contributed by atoms with Crippen molar-refractivity contribution in [1.82, 2.24) is 9.97 Å². The lowest BCUT2D eigenvalue weighted by molar-refractivity contribution is 0.0588. The highest BCUT2D eigenvalue weighted by molar-refractivity contribution is 7.87. The fraction of sp³-hybridized carbons (Fsp3) is 0.0667. The van der Waals surface area contributed by atoms with Crippen molar-refractivity contribution in [1.29, 1.82) is 0 Å². The van der Waals surface area contributed by atoms with E-state index in [1.807, 2.05) is 0 Å². The fourth-order valence-corrected chi connectivity index (χ4v) is 3.47. The number of carbonyl (C=O) groups is 1. The van der Waals surface area contributed by atoms with E-state index in [2.05, 4.69) is 14.7 Å². The van der Waals surface area contributed by atoms with Crippen molar-refractivity contribution < 1.29 is 22.1 Å². The minimum atomic E-state index is -4.08. The number of hydrogen-bond acceptors (Lipinski definition) is 6. The molecule has 0 atom stereocenters. The van der Waals surface area contributed by atoms with E-state index >= 15 is 0 Å². The number of benzene rings is 2. The second kappa shape index (κ2) is 6.14. The highest BCUT2D eigenvalue weighted by Gasteiger charge is 2.20. The van der Waals surface area contributed by atoms with Gasteiger partial charge in [0.15, 0.2) is 0 Å². The molecule has 24 heavy (non-hydrogen) atoms. The fourth-order valence-electron chi connectivity index (χ4n) is 2.05. The van der Waals surface area contributed by atoms with E-state index in [0.29, 0.717) is 11.0 Å². The monoisotopic (exact) mass is 366 g/mol. The second-order valence-electron chi connectivity index (χ2n) is 4.72. The lowest BCUT2D eigenvalue weighted by Gasteiger charge is -2.08. The zero-order chi connectivity index (χ0) is 17.3. The number of methoxy groups -OCH3 is 1. The van der Waals surface area contributed by atoms with Crippen molar-refractivity contribution >= 4 is 38.7 Å². The molecular formula is C15H11ClN2O5S. The zero-order valence-electron chi connectivity index (χ0n) is 12.3. The Morgan fingerprint density at radius 2 is 1.96 bits per heavy atom. The lowest BCUT2D eigenvalue weighted by atomic mass is 10.3. The molecule has 0 bridgehead atoms. The molecule has 3 rings (SSSR count). The Morgan fingerprint density at radius 1 is 1.21 bits per heavy atom. The third-order valence-electron chi connectivity index (χ3n) is 3.14. The molecule has 0 saturated carbocycles. The molecule has 9 heteroatoms. The van der Waals surface area contributed by atoms with Crippen LogP contribution in [-0.4, -0.2) is 31.5 Å². The number of hydrogen-bond donors (Lipinski definition) is 1. The van der Waals surface area contributed by atoms with Crippen LogP contribution in [0.25, 0.3) is 11.0 Å². The number of halogens is 1. The molecule has 0 unspecified atom stereocenters. The van der Waals surface area contributed by atoms with E-state index in [0.717, 1.165) is 0 Å². The number of nitrogens with zero attached hydrogens (tertiary/aromatic N) is 1. The van der Waals surface area contributed by atoms with Gasteiger partial charge < -0.3 is 13.9 Å². The van der Waals surface area contributed by atoms with Crippen LogP contribution in [0.2, 0.25) is 5.02 Å². The normalized spacial score (nSPS) is 11.4. The van der Waals surface area contributed by atoms with Gasteiger partial charge in [-0.05, 0) is 24.3 Å². The molecule has 0 saturated heterocycles. The molecule has 0 aliphatic rings. The first-order chi connectivity index (χ1) is 11.4. The highest BCUT2D eigenvalue weighted by atomic mass is 35.5. The summed E-state index contributed by atoms with van der Waals surface area (Å²) in [5.41, 5.74) is 0.903. The van der Waals surface area contributed by atoms with Crippen molar-refractivity contribution in [3.8, 4) is 5.75 Å². The first kappa shape index (κ1) is 16.3. The van der Waals surface area contributed by atoms with Crippen LogP contribution in [0, 0.1) is 0 Å². The molecule has 2 aromatic carbocycles. The summed E-state index contributed by atoms with van der Waals surface area (Å²) < 4.78 is 34.3. The summed E-state index contributed by atoms with van der Waals surface area (Å²) in [6.07, 6.45) is 0. The highest BCUT2D eigenvalue weighted by Crippen LogP contribution is 2.26. The van der Waals surface area contributed by atoms with Gasteiger partial charge in [-0.3, -0.25) is 0 Å². The smallest absolute Gasteiger partial charge is 0.374 e. The van der Waals surface area contributed by atoms with E-state index in [1.54, 1.807) is 12.1 Å². The number of aromatic amines is 1. The number of fused-ring (bicyclic) bond motifs is 1. The predicted octanol–water partition coefficient (Wildman–Crippen LogP) is 2.77. The zero-order valence-corrected chi connectivity index (χ0v) is 13.9. The van der Waals surface area contributed by atoms with Gasteiger partial charge in [0.25, 0.3) is 0 Å². The molecule has 0 spiro atoms. The summed E-state index contributed by atoms with van der Waals surface area (Å²) >= 11 is 5.90. The third kappa shape index (κ3) is 3.06. The van der Waals surface area contributed by atoms with Gasteiger partial charge in [-0.15, -0.1) is 0 Å². The molecule has 0 fully saturated rings. The van der Waals surface area contributed by atoms with Crippen LogP contribution >= 0.6 is 11.6 Å². The molecule has 3 aromatic rings. The molecule has 0 radical (unpaired) electrons. The van der Waals surface area contributed by atoms with E-state index in [1.165, 1.54) is 37.4 Å². The van der Waals surface area contributed by atoms with Crippen LogP contribution in [-0.2, 0) is 14.9 Å². The number of carbonyl (C=O) groups excluding carboxylic acids is 1. The van der Waals surface area contributed by atoms with E-state index in [4.69, 9.17) is 15.8 Å². The minimum Gasteiger partial charge on any atom is -0.463 e. The van der Waals surface area contributed by atoms with Crippen LogP contribution in [0.1, 0.15) is 10.6 Å². The van der Waals surface area contributed by atoms with E-state index in [9.17, 15) is 13.2 Å². The van der Waals surface area contributed by atoms with Crippen molar-refractivity contribution in [2.75, 3.05) is 7.11 Å². The van der Waals surface area contributed by atoms with Gasteiger partial charge in [-0.1, -0.05) is 23.7 Å². The first-order valence-electron chi connectivity index (χ1n) is 6.68. The topological polar surface area (TPSA) is 98.3 Å². The average molecular weight is 367 g/mol. The van der Waals surface area contributed by atoms with Gasteiger partial charge in [0.1, 0.15) is 10.6 Å². The van der Waals surface area contributed by atoms with Crippen molar-refractivity contribution in [2.45, 2.75) is 4.90 Å². The molecule has 0 amide bonds. The lowest BCUT2D eigenvalue weighted by Crippen LogP contribution is -2.10. The Morgan fingerprint density at radius 3 is 2.67 bits per heavy atom. The maximum atomic E-state index is 12.3. The molecular weight excluding hydrogens is 356 g/mol. The summed E-state index contributed by atoms with van der Waals surface area (Å²) in [7, 11) is -2.85. The van der Waals surface area contributed by atoms with Gasteiger partial charge in [0.05, 0.1) is 23.2 Å². The molecule has 0 aliphatic carbocycles. The average Bonchev–Trinajstić information content (AvgIpc) is 2.97. The molecule has 124 valence electrons. The van der Waals surface area contributed by atoms with Gasteiger partial charge in [0, 0.05) is 6.07 Å². The Bertz CT molecular complexity index is 1030. The molecule has 1 N–H and O–H groups in total. The Kier molecular flexibility index (Phi) is 4.16. The van der Waals surface area contributed by atoms with Crippen LogP contribution in [0.15, 0.2) is 47.4 Å². The molecule has 7 nitrogen and oxygen atoms in total. The number of imidazole rings is 1. The summed E-state index contributed by atoms with van der Waals surface area (Å²) in [5, 5.41) is 0.0631. The number of aromatic nitrogens is 2. The molecule has 1 aromatic heterocycles. The van der Waals surface area contributed by atoms with Gasteiger partial charge in [-0.25, -0.2) is 9.78 Å². The number of rotatable bonds is 4. The quantitative estimate of drug-likeness (QED) is 0.563. The summed E-state index contributed by atoms with van der Waals surface area (Å²) in [5.74, 6) is -0.557. The van der Waals surface area contributed by atoms with Gasteiger partial charge in [0.2, 0.25) is 5.82 Å². The maximum Gasteiger partial charge on any atom is 0.374 e. The van der Waals surface area contributed by atoms with Crippen LogP contribution in [0.5, 0.6) is 5.75 Å². The summed E-state index contributed by atoms with van der Waals surface area (Å²) in [6, 6.07) is 10.3. The number of ether oxygens (including phenoxy) is 1. The van der Waals surface area contributed by atoms with Crippen LogP contribution < -0.4 is 4.18 Å². The van der Waals surface area contributed by atoms with Crippen molar-refractivity contribution in [2.24, 2.45) is 0 Å². The largest absolute Gasteiger partial charge is 0.463 e. The Balaban J connectivity index is 1.95. The van der Waals surface area contributed by atoms with Gasteiger partial charge in [-0.2, -0.15) is 8.42 Å². The number of esters is 1. The maximum absolute atomic E-state index is 12.3. The van der Waals surface area contributed by atoms with Crippen LogP contribution in [0.4, 0.5) is 0 Å². The second-order valence-corrected chi connectivity index (χ2v) is 6.65. The van der Waals surface area contributed by atoms with Crippen molar-refractivity contribution in [3.05, 3.63) is 53.3 Å². The Hall–Kier alpha value is -2.58. The van der Waals surface area contributed by atoms with E-state index in [-0.39, 0.29) is 21.5 Å². The van der Waals surface area contributed by atoms with Crippen LogP contribution in [0.3, 0.4) is 0 Å². The molecule has 0 aliphatic heterocycles. The number of H-pyrrole nitrogens is 1. The van der Waals surface area contributed by atoms with E-state index < -0.39 is 16.1 Å². The van der Waals surface area contributed by atoms with Crippen molar-refractivity contribution in [3.63, 3.8) is 0 Å².